The smallest absolute Gasteiger partial charge is 0.373 e. The summed E-state index contributed by atoms with van der Waals surface area (Å²) in [5.74, 6) is -0.222. The van der Waals surface area contributed by atoms with Gasteiger partial charge in [-0.05, 0) is 36.2 Å². The Morgan fingerprint density at radius 1 is 1.32 bits per heavy atom. The fourth-order valence-corrected chi connectivity index (χ4v) is 1.74. The van der Waals surface area contributed by atoms with Crippen LogP contribution in [0.5, 0.6) is 0 Å². The van der Waals surface area contributed by atoms with E-state index in [2.05, 4.69) is 4.74 Å². The molecule has 0 aliphatic rings. The van der Waals surface area contributed by atoms with Crippen molar-refractivity contribution in [2.24, 2.45) is 5.73 Å². The first-order valence-corrected chi connectivity index (χ1v) is 5.78. The Morgan fingerprint density at radius 3 is 2.63 bits per heavy atom. The van der Waals surface area contributed by atoms with Crippen LogP contribution in [0.25, 0.3) is 0 Å². The third-order valence-electron chi connectivity index (χ3n) is 2.75. The van der Waals surface area contributed by atoms with Crippen molar-refractivity contribution in [2.45, 2.75) is 12.5 Å². The molecule has 0 spiro atoms. The zero-order chi connectivity index (χ0) is 13.8. The molecule has 0 aliphatic heterocycles. The Morgan fingerprint density at radius 2 is 2.00 bits per heavy atom. The van der Waals surface area contributed by atoms with Crippen LogP contribution in [-0.4, -0.2) is 13.1 Å². The molecule has 0 radical (unpaired) electrons. The van der Waals surface area contributed by atoms with Gasteiger partial charge in [0, 0.05) is 0 Å². The molecular formula is C14H14FNO3. The van der Waals surface area contributed by atoms with E-state index in [4.69, 9.17) is 10.2 Å². The van der Waals surface area contributed by atoms with Gasteiger partial charge < -0.3 is 14.9 Å². The summed E-state index contributed by atoms with van der Waals surface area (Å²) in [6.07, 6.45) is 0.494. The van der Waals surface area contributed by atoms with Crippen molar-refractivity contribution in [3.05, 3.63) is 59.3 Å². The largest absolute Gasteiger partial charge is 0.463 e. The summed E-state index contributed by atoms with van der Waals surface area (Å²) in [4.78, 5) is 11.2. The molecule has 0 bridgehead atoms. The third-order valence-corrected chi connectivity index (χ3v) is 2.75. The van der Waals surface area contributed by atoms with Gasteiger partial charge in [0.15, 0.2) is 0 Å². The van der Waals surface area contributed by atoms with Crippen molar-refractivity contribution in [1.82, 2.24) is 0 Å². The molecule has 2 rings (SSSR count). The number of esters is 1. The Kier molecular flexibility index (Phi) is 3.97. The maximum atomic E-state index is 12.8. The Balaban J connectivity index is 2.07. The normalized spacial score (nSPS) is 12.2. The quantitative estimate of drug-likeness (QED) is 0.860. The molecule has 2 N–H and O–H groups in total. The predicted octanol–water partition coefficient (Wildman–Crippen LogP) is 2.45. The van der Waals surface area contributed by atoms with Crippen molar-refractivity contribution in [3.63, 3.8) is 0 Å². The number of furan rings is 1. The number of halogens is 1. The van der Waals surface area contributed by atoms with Crippen LogP contribution in [0.2, 0.25) is 0 Å². The van der Waals surface area contributed by atoms with Crippen molar-refractivity contribution in [2.75, 3.05) is 7.11 Å². The standard InChI is InChI=1S/C14H14FNO3/c1-18-14(17)13-7-6-12(19-13)11(16)8-9-2-4-10(15)5-3-9/h2-7,11H,8,16H2,1H3. The van der Waals surface area contributed by atoms with Crippen LogP contribution in [0.1, 0.15) is 27.9 Å². The second-order valence-electron chi connectivity index (χ2n) is 4.13. The number of rotatable bonds is 4. The zero-order valence-electron chi connectivity index (χ0n) is 10.4. The second-order valence-corrected chi connectivity index (χ2v) is 4.13. The summed E-state index contributed by atoms with van der Waals surface area (Å²) < 4.78 is 22.6. The molecule has 1 heterocycles. The lowest BCUT2D eigenvalue weighted by Crippen LogP contribution is -2.12. The van der Waals surface area contributed by atoms with Crippen molar-refractivity contribution >= 4 is 5.97 Å². The van der Waals surface area contributed by atoms with Gasteiger partial charge in [0.2, 0.25) is 5.76 Å². The highest BCUT2D eigenvalue weighted by Gasteiger charge is 2.16. The van der Waals surface area contributed by atoms with E-state index < -0.39 is 12.0 Å². The molecule has 4 nitrogen and oxygen atoms in total. The van der Waals surface area contributed by atoms with Gasteiger partial charge >= 0.3 is 5.97 Å². The molecule has 19 heavy (non-hydrogen) atoms. The van der Waals surface area contributed by atoms with E-state index in [1.54, 1.807) is 18.2 Å². The van der Waals surface area contributed by atoms with Gasteiger partial charge in [0.1, 0.15) is 11.6 Å². The highest BCUT2D eigenvalue weighted by atomic mass is 19.1. The molecule has 5 heteroatoms. The number of carbonyl (C=O) groups excluding carboxylic acids is 1. The number of benzene rings is 1. The summed E-state index contributed by atoms with van der Waals surface area (Å²) in [7, 11) is 1.28. The monoisotopic (exact) mass is 263 g/mol. The topological polar surface area (TPSA) is 65.5 Å². The highest BCUT2D eigenvalue weighted by molar-refractivity contribution is 5.86. The zero-order valence-corrected chi connectivity index (χ0v) is 10.4. The summed E-state index contributed by atoms with van der Waals surface area (Å²) >= 11 is 0. The molecule has 1 aromatic heterocycles. The van der Waals surface area contributed by atoms with E-state index in [9.17, 15) is 9.18 Å². The number of hydrogen-bond donors (Lipinski definition) is 1. The lowest BCUT2D eigenvalue weighted by Gasteiger charge is -2.08. The average Bonchev–Trinajstić information content (AvgIpc) is 2.90. The van der Waals surface area contributed by atoms with Gasteiger partial charge in [-0.3, -0.25) is 0 Å². The molecule has 0 fully saturated rings. The predicted molar refractivity (Wildman–Crippen MR) is 67.1 cm³/mol. The fourth-order valence-electron chi connectivity index (χ4n) is 1.74. The molecule has 100 valence electrons. The number of carbonyl (C=O) groups is 1. The molecular weight excluding hydrogens is 249 g/mol. The van der Waals surface area contributed by atoms with E-state index in [1.807, 2.05) is 0 Å². The van der Waals surface area contributed by atoms with E-state index in [1.165, 1.54) is 25.3 Å². The minimum Gasteiger partial charge on any atom is -0.463 e. The minimum atomic E-state index is -0.541. The van der Waals surface area contributed by atoms with Crippen LogP contribution < -0.4 is 5.73 Å². The third kappa shape index (κ3) is 3.20. The number of methoxy groups -OCH3 is 1. The van der Waals surface area contributed by atoms with Gasteiger partial charge in [-0.1, -0.05) is 12.1 Å². The van der Waals surface area contributed by atoms with Gasteiger partial charge in [-0.15, -0.1) is 0 Å². The maximum absolute atomic E-state index is 12.8. The summed E-state index contributed by atoms with van der Waals surface area (Å²) in [6.45, 7) is 0. The van der Waals surface area contributed by atoms with E-state index in [0.717, 1.165) is 5.56 Å². The van der Waals surface area contributed by atoms with Crippen molar-refractivity contribution < 1.29 is 18.3 Å². The van der Waals surface area contributed by atoms with Crippen molar-refractivity contribution in [3.8, 4) is 0 Å². The highest BCUT2D eigenvalue weighted by Crippen LogP contribution is 2.19. The molecule has 1 aromatic carbocycles. The molecule has 1 atom stereocenters. The number of hydrogen-bond acceptors (Lipinski definition) is 4. The number of ether oxygens (including phenoxy) is 1. The van der Waals surface area contributed by atoms with Gasteiger partial charge in [0.25, 0.3) is 0 Å². The lowest BCUT2D eigenvalue weighted by atomic mass is 10.1. The van der Waals surface area contributed by atoms with Crippen LogP contribution in [0.4, 0.5) is 4.39 Å². The second kappa shape index (κ2) is 5.67. The molecule has 0 saturated heterocycles. The Labute approximate surface area is 110 Å². The minimum absolute atomic E-state index is 0.118. The molecule has 1 unspecified atom stereocenters. The van der Waals surface area contributed by atoms with Crippen LogP contribution in [-0.2, 0) is 11.2 Å². The van der Waals surface area contributed by atoms with E-state index >= 15 is 0 Å². The van der Waals surface area contributed by atoms with Gasteiger partial charge in [-0.2, -0.15) is 0 Å². The Hall–Kier alpha value is -2.14. The SMILES string of the molecule is COC(=O)c1ccc(C(N)Cc2ccc(F)cc2)o1. The molecule has 0 amide bonds. The summed E-state index contributed by atoms with van der Waals surface area (Å²) in [6, 6.07) is 8.85. The molecule has 0 aliphatic carbocycles. The Bertz CT molecular complexity index is 562. The van der Waals surface area contributed by atoms with Crippen molar-refractivity contribution in [1.29, 1.82) is 0 Å². The van der Waals surface area contributed by atoms with Crippen LogP contribution in [0.3, 0.4) is 0 Å². The fraction of sp³-hybridized carbons (Fsp3) is 0.214. The summed E-state index contributed by atoms with van der Waals surface area (Å²) in [5.41, 5.74) is 6.87. The summed E-state index contributed by atoms with van der Waals surface area (Å²) in [5, 5.41) is 0. The lowest BCUT2D eigenvalue weighted by molar-refractivity contribution is 0.0562. The van der Waals surface area contributed by atoms with E-state index in [0.29, 0.717) is 12.2 Å². The first-order chi connectivity index (χ1) is 9.10. The van der Waals surface area contributed by atoms with E-state index in [-0.39, 0.29) is 11.6 Å². The number of nitrogens with two attached hydrogens (primary N) is 1. The van der Waals surface area contributed by atoms with Crippen LogP contribution in [0.15, 0.2) is 40.8 Å². The van der Waals surface area contributed by atoms with Crippen LogP contribution >= 0.6 is 0 Å². The van der Waals surface area contributed by atoms with Gasteiger partial charge in [0.05, 0.1) is 13.2 Å². The van der Waals surface area contributed by atoms with Gasteiger partial charge in [-0.25, -0.2) is 9.18 Å². The average molecular weight is 263 g/mol. The first-order valence-electron chi connectivity index (χ1n) is 5.78. The molecule has 2 aromatic rings. The molecule has 0 saturated carbocycles. The van der Waals surface area contributed by atoms with Crippen LogP contribution in [0, 0.1) is 5.82 Å². The first kappa shape index (κ1) is 13.3. The maximum Gasteiger partial charge on any atom is 0.373 e.